The van der Waals surface area contributed by atoms with Gasteiger partial charge in [-0.2, -0.15) is 5.26 Å². The largest absolute Gasteiger partial charge is 0.493 e. The summed E-state index contributed by atoms with van der Waals surface area (Å²) in [6, 6.07) is 11.4. The number of ether oxygens (including phenoxy) is 2. The zero-order chi connectivity index (χ0) is 18.6. The average Bonchev–Trinajstić information content (AvgIpc) is 2.61. The molecule has 0 atom stereocenters. The lowest BCUT2D eigenvalue weighted by atomic mass is 10.2. The molecule has 130 valence electrons. The Kier molecular flexibility index (Phi) is 6.27. The van der Waals surface area contributed by atoms with Crippen molar-refractivity contribution in [3.05, 3.63) is 55.8 Å². The highest BCUT2D eigenvalue weighted by atomic mass is 79.9. The molecule has 0 unspecified atom stereocenters. The maximum Gasteiger partial charge on any atom is 0.217 e. The first-order valence-corrected chi connectivity index (χ1v) is 9.94. The number of rotatable bonds is 5. The van der Waals surface area contributed by atoms with Crippen LogP contribution in [0.5, 0.6) is 11.5 Å². The minimum Gasteiger partial charge on any atom is -0.493 e. The maximum absolute atomic E-state index is 12.8. The minimum atomic E-state index is -3.99. The van der Waals surface area contributed by atoms with Crippen LogP contribution in [0.3, 0.4) is 0 Å². The van der Waals surface area contributed by atoms with E-state index in [0.29, 0.717) is 26.0 Å². The standard InChI is InChI=1S/C17H13Br2NO4S/c1-23-15-6-3-11(8-16(15)24-2)7-13(10-20)25(21,22)17-9-12(18)4-5-14(17)19/h3-9H,1-2H3. The van der Waals surface area contributed by atoms with Crippen LogP contribution >= 0.6 is 31.9 Å². The summed E-state index contributed by atoms with van der Waals surface area (Å²) in [5, 5.41) is 9.39. The first-order chi connectivity index (χ1) is 11.8. The minimum absolute atomic E-state index is 0.00940. The monoisotopic (exact) mass is 485 g/mol. The number of allylic oxidation sites excluding steroid dienone is 1. The molecular weight excluding hydrogens is 474 g/mol. The quantitative estimate of drug-likeness (QED) is 0.578. The Balaban J connectivity index is 2.57. The third-order valence-corrected chi connectivity index (χ3v) is 6.44. The van der Waals surface area contributed by atoms with E-state index in [1.54, 1.807) is 36.4 Å². The van der Waals surface area contributed by atoms with E-state index < -0.39 is 9.84 Å². The molecule has 0 N–H and O–H groups in total. The van der Waals surface area contributed by atoms with Gasteiger partial charge in [-0.1, -0.05) is 22.0 Å². The molecule has 0 fully saturated rings. The summed E-state index contributed by atoms with van der Waals surface area (Å²) in [5.41, 5.74) is 0.504. The van der Waals surface area contributed by atoms with Gasteiger partial charge in [0.1, 0.15) is 11.0 Å². The van der Waals surface area contributed by atoms with Crippen LogP contribution in [0, 0.1) is 11.3 Å². The summed E-state index contributed by atoms with van der Waals surface area (Å²) < 4.78 is 37.0. The smallest absolute Gasteiger partial charge is 0.217 e. The van der Waals surface area contributed by atoms with Crippen molar-refractivity contribution in [1.82, 2.24) is 0 Å². The van der Waals surface area contributed by atoms with Crippen molar-refractivity contribution in [2.24, 2.45) is 0 Å². The van der Waals surface area contributed by atoms with Crippen molar-refractivity contribution in [2.75, 3.05) is 14.2 Å². The Bertz CT molecular complexity index is 979. The molecule has 0 saturated heterocycles. The van der Waals surface area contributed by atoms with Gasteiger partial charge in [-0.25, -0.2) is 8.42 Å². The Morgan fingerprint density at radius 3 is 2.36 bits per heavy atom. The molecule has 0 aliphatic carbocycles. The van der Waals surface area contributed by atoms with Gasteiger partial charge in [0, 0.05) is 8.95 Å². The van der Waals surface area contributed by atoms with Crippen LogP contribution in [0.15, 0.2) is 55.1 Å². The van der Waals surface area contributed by atoms with Gasteiger partial charge in [0.2, 0.25) is 9.84 Å². The molecule has 0 spiro atoms. The molecule has 0 aromatic heterocycles. The number of nitrogens with zero attached hydrogens (tertiary/aromatic N) is 1. The van der Waals surface area contributed by atoms with Gasteiger partial charge in [-0.05, 0) is 57.9 Å². The molecule has 25 heavy (non-hydrogen) atoms. The van der Waals surface area contributed by atoms with Crippen LogP contribution < -0.4 is 9.47 Å². The number of benzene rings is 2. The van der Waals surface area contributed by atoms with Crippen LogP contribution in [0.4, 0.5) is 0 Å². The van der Waals surface area contributed by atoms with Crippen molar-refractivity contribution in [2.45, 2.75) is 4.90 Å². The van der Waals surface area contributed by atoms with Crippen LogP contribution in [0.1, 0.15) is 5.56 Å². The second-order valence-electron chi connectivity index (χ2n) is 4.81. The first-order valence-electron chi connectivity index (χ1n) is 6.87. The second kappa shape index (κ2) is 8.04. The Hall–Kier alpha value is -1.82. The van der Waals surface area contributed by atoms with E-state index in [1.165, 1.54) is 26.4 Å². The van der Waals surface area contributed by atoms with Gasteiger partial charge in [-0.3, -0.25) is 0 Å². The van der Waals surface area contributed by atoms with Crippen molar-refractivity contribution >= 4 is 47.8 Å². The zero-order valence-electron chi connectivity index (χ0n) is 13.3. The first kappa shape index (κ1) is 19.5. The summed E-state index contributed by atoms with van der Waals surface area (Å²) in [6.45, 7) is 0. The third kappa shape index (κ3) is 4.24. The molecule has 8 heteroatoms. The fraction of sp³-hybridized carbons (Fsp3) is 0.118. The molecule has 0 bridgehead atoms. The fourth-order valence-corrected chi connectivity index (χ4v) is 4.72. The van der Waals surface area contributed by atoms with Gasteiger partial charge in [0.15, 0.2) is 11.5 Å². The van der Waals surface area contributed by atoms with Crippen molar-refractivity contribution in [1.29, 1.82) is 5.26 Å². The molecule has 2 aromatic rings. The van der Waals surface area contributed by atoms with E-state index in [-0.39, 0.29) is 9.80 Å². The number of hydrogen-bond acceptors (Lipinski definition) is 5. The van der Waals surface area contributed by atoms with E-state index in [9.17, 15) is 13.7 Å². The van der Waals surface area contributed by atoms with E-state index >= 15 is 0 Å². The SMILES string of the molecule is COc1ccc(C=C(C#N)S(=O)(=O)c2cc(Br)ccc2Br)cc1OC. The highest BCUT2D eigenvalue weighted by Gasteiger charge is 2.24. The third-order valence-electron chi connectivity index (χ3n) is 3.29. The molecule has 0 aliphatic heterocycles. The number of hydrogen-bond donors (Lipinski definition) is 0. The Morgan fingerprint density at radius 1 is 1.08 bits per heavy atom. The lowest BCUT2D eigenvalue weighted by molar-refractivity contribution is 0.355. The van der Waals surface area contributed by atoms with Crippen LogP contribution in [-0.2, 0) is 9.84 Å². The average molecular weight is 487 g/mol. The summed E-state index contributed by atoms with van der Waals surface area (Å²) >= 11 is 6.46. The second-order valence-corrected chi connectivity index (χ2v) is 8.47. The van der Waals surface area contributed by atoms with Crippen molar-refractivity contribution in [3.8, 4) is 17.6 Å². The zero-order valence-corrected chi connectivity index (χ0v) is 17.3. The molecule has 2 aromatic carbocycles. The summed E-state index contributed by atoms with van der Waals surface area (Å²) in [6.07, 6.45) is 1.30. The summed E-state index contributed by atoms with van der Waals surface area (Å²) in [4.78, 5) is -0.367. The lowest BCUT2D eigenvalue weighted by Gasteiger charge is -2.09. The lowest BCUT2D eigenvalue weighted by Crippen LogP contribution is -2.04. The fourth-order valence-electron chi connectivity index (χ4n) is 2.07. The molecule has 0 heterocycles. The Labute approximate surface area is 163 Å². The van der Waals surface area contributed by atoms with Gasteiger partial charge < -0.3 is 9.47 Å². The normalized spacial score (nSPS) is 11.7. The van der Waals surface area contributed by atoms with E-state index in [2.05, 4.69) is 31.9 Å². The number of methoxy groups -OCH3 is 2. The van der Waals surface area contributed by atoms with Crippen LogP contribution in [0.2, 0.25) is 0 Å². The molecular formula is C17H13Br2NO4S. The number of nitriles is 1. The molecule has 0 radical (unpaired) electrons. The van der Waals surface area contributed by atoms with Crippen molar-refractivity contribution < 1.29 is 17.9 Å². The predicted octanol–water partition coefficient (Wildman–Crippen LogP) is 4.57. The van der Waals surface area contributed by atoms with Crippen LogP contribution in [-0.4, -0.2) is 22.6 Å². The highest BCUT2D eigenvalue weighted by Crippen LogP contribution is 2.32. The molecule has 0 amide bonds. The van der Waals surface area contributed by atoms with E-state index in [0.717, 1.165) is 0 Å². The van der Waals surface area contributed by atoms with Crippen molar-refractivity contribution in [3.63, 3.8) is 0 Å². The van der Waals surface area contributed by atoms with Gasteiger partial charge >= 0.3 is 0 Å². The molecule has 0 saturated carbocycles. The summed E-state index contributed by atoms with van der Waals surface area (Å²) in [5.74, 6) is 0.949. The van der Waals surface area contributed by atoms with Gasteiger partial charge in [0.25, 0.3) is 0 Å². The molecule has 5 nitrogen and oxygen atoms in total. The number of halogens is 2. The van der Waals surface area contributed by atoms with Gasteiger partial charge in [-0.15, -0.1) is 0 Å². The highest BCUT2D eigenvalue weighted by molar-refractivity contribution is 9.11. The van der Waals surface area contributed by atoms with E-state index in [4.69, 9.17) is 9.47 Å². The number of sulfone groups is 1. The Morgan fingerprint density at radius 2 is 1.76 bits per heavy atom. The van der Waals surface area contributed by atoms with Gasteiger partial charge in [0.05, 0.1) is 19.1 Å². The van der Waals surface area contributed by atoms with Crippen LogP contribution in [0.25, 0.3) is 6.08 Å². The maximum atomic E-state index is 12.8. The molecule has 2 rings (SSSR count). The predicted molar refractivity (Wildman–Crippen MR) is 102 cm³/mol. The summed E-state index contributed by atoms with van der Waals surface area (Å²) in [7, 11) is -1.01. The van der Waals surface area contributed by atoms with E-state index in [1.807, 2.05) is 0 Å². The molecule has 0 aliphatic rings. The topological polar surface area (TPSA) is 76.4 Å².